The minimum absolute atomic E-state index is 0.593. The van der Waals surface area contributed by atoms with Gasteiger partial charge in [0.05, 0.1) is 0 Å². The summed E-state index contributed by atoms with van der Waals surface area (Å²) in [5.41, 5.74) is 0. The molecule has 0 heterocycles. The summed E-state index contributed by atoms with van der Waals surface area (Å²) in [5.74, 6) is 0. The van der Waals surface area contributed by atoms with E-state index in [2.05, 4.69) is 27.4 Å². The third-order valence-electron chi connectivity index (χ3n) is 0.706. The van der Waals surface area contributed by atoms with Gasteiger partial charge >= 0.3 is 0 Å². The van der Waals surface area contributed by atoms with E-state index in [1.165, 1.54) is 12.7 Å². The lowest BCUT2D eigenvalue weighted by atomic mass is 10.0. The van der Waals surface area contributed by atoms with Crippen molar-refractivity contribution in [2.24, 2.45) is 0 Å². The van der Waals surface area contributed by atoms with Gasteiger partial charge in [-0.15, -0.1) is 0 Å². The van der Waals surface area contributed by atoms with Crippen molar-refractivity contribution in [3.8, 4) is 0 Å². The van der Waals surface area contributed by atoms with Gasteiger partial charge in [-0.25, -0.2) is 0 Å². The maximum absolute atomic E-state index is 4.18. The first kappa shape index (κ1) is 6.41. The molecule has 0 fully saturated rings. The second-order valence-corrected chi connectivity index (χ2v) is 2.52. The zero-order chi connectivity index (χ0) is 4.99. The number of thiol groups is 1. The highest BCUT2D eigenvalue weighted by Gasteiger charge is 1.86. The Balaban J connectivity index is 2.63. The van der Waals surface area contributed by atoms with Crippen LogP contribution in [0.2, 0.25) is 6.32 Å². The quantitative estimate of drug-likeness (QED) is 0.386. The Morgan fingerprint density at radius 1 is 1.83 bits per heavy atom. The summed E-state index contributed by atoms with van der Waals surface area (Å²) in [5, 5.41) is 0.593. The third-order valence-corrected chi connectivity index (χ3v) is 0.965. The van der Waals surface area contributed by atoms with E-state index < -0.39 is 0 Å². The van der Waals surface area contributed by atoms with Crippen LogP contribution in [0.15, 0.2) is 0 Å². The zero-order valence-corrected chi connectivity index (χ0v) is 5.33. The number of rotatable bonds is 2. The van der Waals surface area contributed by atoms with Crippen LogP contribution >= 0.6 is 12.6 Å². The first-order valence-corrected chi connectivity index (χ1v) is 2.97. The van der Waals surface area contributed by atoms with E-state index in [4.69, 9.17) is 0 Å². The van der Waals surface area contributed by atoms with Crippen LogP contribution in [0.3, 0.4) is 0 Å². The predicted octanol–water partition coefficient (Wildman–Crippen LogP) is 0.746. The molecule has 0 nitrogen and oxygen atoms in total. The maximum Gasteiger partial charge on any atom is 0.101 e. The Hall–Kier alpha value is 0.415. The molecule has 0 aromatic rings. The molecule has 0 bridgehead atoms. The average molecular weight is 102 g/mol. The summed E-state index contributed by atoms with van der Waals surface area (Å²) in [7, 11) is 2.17. The van der Waals surface area contributed by atoms with Crippen LogP contribution in [-0.2, 0) is 0 Å². The summed E-state index contributed by atoms with van der Waals surface area (Å²) in [6, 6.07) is 0. The molecule has 0 N–H and O–H groups in total. The van der Waals surface area contributed by atoms with Crippen molar-refractivity contribution in [1.82, 2.24) is 0 Å². The topological polar surface area (TPSA) is 0 Å². The summed E-state index contributed by atoms with van der Waals surface area (Å²) in [4.78, 5) is 0. The van der Waals surface area contributed by atoms with Crippen LogP contribution in [0.5, 0.6) is 0 Å². The molecule has 0 rings (SSSR count). The standard InChI is InChI=1S/C4H11BS/c1-4(6)2-3-5/h4,6H,2-3,5H2,1H3. The van der Waals surface area contributed by atoms with Crippen molar-refractivity contribution < 1.29 is 0 Å². The van der Waals surface area contributed by atoms with Gasteiger partial charge in [0.15, 0.2) is 0 Å². The zero-order valence-electron chi connectivity index (χ0n) is 4.44. The van der Waals surface area contributed by atoms with Gasteiger partial charge in [0.2, 0.25) is 0 Å². The van der Waals surface area contributed by atoms with Crippen LogP contribution < -0.4 is 0 Å². The average Bonchev–Trinajstić information content (AvgIpc) is 1.35. The molecule has 6 heavy (non-hydrogen) atoms. The van der Waals surface area contributed by atoms with Gasteiger partial charge in [-0.2, -0.15) is 12.6 Å². The van der Waals surface area contributed by atoms with Crippen molar-refractivity contribution in [3.63, 3.8) is 0 Å². The first-order valence-electron chi connectivity index (χ1n) is 2.45. The van der Waals surface area contributed by atoms with Crippen LogP contribution in [0, 0.1) is 0 Å². The van der Waals surface area contributed by atoms with E-state index in [0.717, 1.165) is 0 Å². The highest BCUT2D eigenvalue weighted by atomic mass is 32.1. The molecule has 0 saturated heterocycles. The fourth-order valence-corrected chi connectivity index (χ4v) is 0.676. The number of hydrogen-bond donors (Lipinski definition) is 1. The molecule has 0 radical (unpaired) electrons. The second kappa shape index (κ2) is 3.60. The van der Waals surface area contributed by atoms with Gasteiger partial charge in [-0.3, -0.25) is 0 Å². The van der Waals surface area contributed by atoms with E-state index in [1.54, 1.807) is 0 Å². The first-order chi connectivity index (χ1) is 2.77. The number of hydrogen-bond acceptors (Lipinski definition) is 1. The van der Waals surface area contributed by atoms with E-state index in [9.17, 15) is 0 Å². The van der Waals surface area contributed by atoms with E-state index in [-0.39, 0.29) is 0 Å². The van der Waals surface area contributed by atoms with Gasteiger partial charge in [0, 0.05) is 0 Å². The fraction of sp³-hybridized carbons (Fsp3) is 1.00. The lowest BCUT2D eigenvalue weighted by Gasteiger charge is -1.95. The monoisotopic (exact) mass is 102 g/mol. The minimum Gasteiger partial charge on any atom is -0.176 e. The largest absolute Gasteiger partial charge is 0.176 e. The van der Waals surface area contributed by atoms with Crippen molar-refractivity contribution >= 4 is 20.5 Å². The highest BCUT2D eigenvalue weighted by molar-refractivity contribution is 7.80. The summed E-state index contributed by atoms with van der Waals surface area (Å²) in [6.07, 6.45) is 2.49. The molecule has 36 valence electrons. The van der Waals surface area contributed by atoms with Crippen LogP contribution in [0.1, 0.15) is 13.3 Å². The van der Waals surface area contributed by atoms with Crippen LogP contribution in [-0.4, -0.2) is 13.1 Å². The molecule has 0 aliphatic heterocycles. The Morgan fingerprint density at radius 2 is 2.33 bits per heavy atom. The molecule has 2 heteroatoms. The molecule has 1 unspecified atom stereocenters. The summed E-state index contributed by atoms with van der Waals surface area (Å²) in [6.45, 7) is 2.12. The van der Waals surface area contributed by atoms with Gasteiger partial charge in [-0.05, 0) is 11.7 Å². The van der Waals surface area contributed by atoms with Crippen LogP contribution in [0.25, 0.3) is 0 Å². The maximum atomic E-state index is 4.18. The second-order valence-electron chi connectivity index (χ2n) is 1.64. The molecule has 0 aliphatic rings. The van der Waals surface area contributed by atoms with Crippen molar-refractivity contribution in [2.75, 3.05) is 0 Å². The van der Waals surface area contributed by atoms with Crippen molar-refractivity contribution in [1.29, 1.82) is 0 Å². The van der Waals surface area contributed by atoms with Crippen molar-refractivity contribution in [2.45, 2.75) is 24.9 Å². The smallest absolute Gasteiger partial charge is 0.101 e. The Labute approximate surface area is 46.1 Å². The Morgan fingerprint density at radius 3 is 2.33 bits per heavy atom. The van der Waals surface area contributed by atoms with Crippen LogP contribution in [0.4, 0.5) is 0 Å². The lowest BCUT2D eigenvalue weighted by molar-refractivity contribution is 0.911. The fourth-order valence-electron chi connectivity index (χ4n) is 0.418. The normalized spacial score (nSPS) is 14.3. The SMILES string of the molecule is BCCC(C)S. The molecule has 1 atom stereocenters. The lowest BCUT2D eigenvalue weighted by Crippen LogP contribution is -1.87. The van der Waals surface area contributed by atoms with Gasteiger partial charge in [-0.1, -0.05) is 13.2 Å². The Kier molecular flexibility index (Phi) is 3.85. The third kappa shape index (κ3) is 4.41. The van der Waals surface area contributed by atoms with E-state index in [0.29, 0.717) is 5.25 Å². The van der Waals surface area contributed by atoms with E-state index in [1.807, 2.05) is 0 Å². The van der Waals surface area contributed by atoms with E-state index >= 15 is 0 Å². The molecule has 0 amide bonds. The van der Waals surface area contributed by atoms with Crippen molar-refractivity contribution in [3.05, 3.63) is 0 Å². The van der Waals surface area contributed by atoms with Gasteiger partial charge in [0.25, 0.3) is 0 Å². The summed E-state index contributed by atoms with van der Waals surface area (Å²) >= 11 is 4.18. The predicted molar refractivity (Wildman–Crippen MR) is 36.4 cm³/mol. The molecule has 0 spiro atoms. The Bertz CT molecular complexity index is 28.7. The molecule has 0 saturated carbocycles. The minimum atomic E-state index is 0.593. The molecule has 0 aromatic carbocycles. The highest BCUT2D eigenvalue weighted by Crippen LogP contribution is 1.99. The summed E-state index contributed by atoms with van der Waals surface area (Å²) < 4.78 is 0. The van der Waals surface area contributed by atoms with Gasteiger partial charge in [0.1, 0.15) is 7.85 Å². The molecule has 0 aliphatic carbocycles. The molecular weight excluding hydrogens is 90.9 g/mol. The molecular formula is C4H11BS. The molecule has 0 aromatic heterocycles. The van der Waals surface area contributed by atoms with Gasteiger partial charge < -0.3 is 0 Å².